The number of carbonyl (C=O) groups is 1. The van der Waals surface area contributed by atoms with Gasteiger partial charge in [0.25, 0.3) is 0 Å². The van der Waals surface area contributed by atoms with Gasteiger partial charge in [0, 0.05) is 19.7 Å². The second kappa shape index (κ2) is 12.4. The van der Waals surface area contributed by atoms with E-state index >= 15 is 0 Å². The number of ether oxygens (including phenoxy) is 2. The van der Waals surface area contributed by atoms with Gasteiger partial charge in [0.05, 0.1) is 25.0 Å². The van der Waals surface area contributed by atoms with E-state index in [1.807, 2.05) is 0 Å². The molecule has 6 nitrogen and oxygen atoms in total. The molecule has 1 aromatic heterocycles. The minimum absolute atomic E-state index is 0. The van der Waals surface area contributed by atoms with Crippen LogP contribution in [-0.2, 0) is 9.53 Å². The average Bonchev–Trinajstić information content (AvgIpc) is 2.56. The highest BCUT2D eigenvalue weighted by atomic mass is 35.5. The van der Waals surface area contributed by atoms with Gasteiger partial charge in [-0.2, -0.15) is 0 Å². The number of anilines is 1. The summed E-state index contributed by atoms with van der Waals surface area (Å²) in [6.07, 6.45) is 1.49. The molecule has 0 saturated carbocycles. The molecule has 25 heavy (non-hydrogen) atoms. The van der Waals surface area contributed by atoms with Crippen molar-refractivity contribution < 1.29 is 18.7 Å². The van der Waals surface area contributed by atoms with Crippen molar-refractivity contribution in [2.45, 2.75) is 0 Å². The maximum absolute atomic E-state index is 12.8. The normalized spacial score (nSPS) is 9.52. The Morgan fingerprint density at radius 3 is 2.48 bits per heavy atom. The summed E-state index contributed by atoms with van der Waals surface area (Å²) in [7, 11) is 1.60. The van der Waals surface area contributed by atoms with Gasteiger partial charge < -0.3 is 20.1 Å². The predicted octanol–water partition coefficient (Wildman–Crippen LogP) is 3.03. The zero-order valence-corrected chi connectivity index (χ0v) is 15.2. The lowest BCUT2D eigenvalue weighted by atomic mass is 10.3. The molecule has 2 rings (SSSR count). The third kappa shape index (κ3) is 8.64. The minimum Gasteiger partial charge on any atom is -0.439 e. The first-order valence-electron chi connectivity index (χ1n) is 7.06. The number of amides is 1. The average molecular weight is 392 g/mol. The van der Waals surface area contributed by atoms with E-state index in [0.29, 0.717) is 30.5 Å². The van der Waals surface area contributed by atoms with Crippen molar-refractivity contribution >= 4 is 36.4 Å². The molecule has 1 amide bonds. The molecule has 0 saturated heterocycles. The van der Waals surface area contributed by atoms with Crippen molar-refractivity contribution in [3.8, 4) is 11.6 Å². The Labute approximate surface area is 157 Å². The van der Waals surface area contributed by atoms with E-state index in [1.165, 1.54) is 30.5 Å². The highest BCUT2D eigenvalue weighted by molar-refractivity contribution is 5.92. The molecule has 0 fully saturated rings. The molecular weight excluding hydrogens is 372 g/mol. The van der Waals surface area contributed by atoms with E-state index in [4.69, 9.17) is 9.47 Å². The molecule has 0 aliphatic carbocycles. The molecule has 138 valence electrons. The van der Waals surface area contributed by atoms with Crippen molar-refractivity contribution in [2.24, 2.45) is 0 Å². The fourth-order valence-electron chi connectivity index (χ4n) is 1.72. The molecule has 1 heterocycles. The van der Waals surface area contributed by atoms with E-state index in [2.05, 4.69) is 15.6 Å². The Kier molecular flexibility index (Phi) is 11.5. The van der Waals surface area contributed by atoms with Gasteiger partial charge in [-0.25, -0.2) is 9.37 Å². The summed E-state index contributed by atoms with van der Waals surface area (Å²) in [4.78, 5) is 15.8. The number of halogens is 3. The standard InChI is InChI=1S/C16H18FN3O3.2ClH/c1-22-9-8-18-11-15(21)20-13-4-7-16(19-10-13)23-14-5-2-12(17)3-6-14;;/h2-7,10,18H,8-9,11H2,1H3,(H,20,21);2*1H. The molecule has 2 N–H and O–H groups in total. The van der Waals surface area contributed by atoms with E-state index in [-0.39, 0.29) is 43.1 Å². The van der Waals surface area contributed by atoms with E-state index < -0.39 is 0 Å². The van der Waals surface area contributed by atoms with E-state index in [9.17, 15) is 9.18 Å². The van der Waals surface area contributed by atoms with Crippen LogP contribution in [0.3, 0.4) is 0 Å². The zero-order chi connectivity index (χ0) is 16.5. The third-order valence-electron chi connectivity index (χ3n) is 2.82. The van der Waals surface area contributed by atoms with Crippen LogP contribution < -0.4 is 15.4 Å². The van der Waals surface area contributed by atoms with Crippen molar-refractivity contribution in [3.05, 3.63) is 48.4 Å². The van der Waals surface area contributed by atoms with Gasteiger partial charge in [0.15, 0.2) is 0 Å². The summed E-state index contributed by atoms with van der Waals surface area (Å²) in [5, 5.41) is 5.65. The predicted molar refractivity (Wildman–Crippen MR) is 98.6 cm³/mol. The van der Waals surface area contributed by atoms with Gasteiger partial charge >= 0.3 is 0 Å². The van der Waals surface area contributed by atoms with Gasteiger partial charge in [-0.1, -0.05) is 0 Å². The number of hydrogen-bond donors (Lipinski definition) is 2. The van der Waals surface area contributed by atoms with Crippen LogP contribution in [0.15, 0.2) is 42.6 Å². The van der Waals surface area contributed by atoms with Gasteiger partial charge in [-0.05, 0) is 30.3 Å². The lowest BCUT2D eigenvalue weighted by Gasteiger charge is -2.08. The number of pyridine rings is 1. The monoisotopic (exact) mass is 391 g/mol. The smallest absolute Gasteiger partial charge is 0.238 e. The molecule has 0 spiro atoms. The summed E-state index contributed by atoms with van der Waals surface area (Å²) in [6.45, 7) is 1.34. The maximum Gasteiger partial charge on any atom is 0.238 e. The van der Waals surface area contributed by atoms with Gasteiger partial charge in [0.2, 0.25) is 11.8 Å². The van der Waals surface area contributed by atoms with Gasteiger partial charge in [0.1, 0.15) is 11.6 Å². The van der Waals surface area contributed by atoms with Crippen LogP contribution in [0, 0.1) is 5.82 Å². The topological polar surface area (TPSA) is 72.5 Å². The first-order chi connectivity index (χ1) is 11.2. The zero-order valence-electron chi connectivity index (χ0n) is 13.5. The molecule has 2 aromatic rings. The molecule has 0 atom stereocenters. The lowest BCUT2D eigenvalue weighted by molar-refractivity contribution is -0.115. The molecule has 0 unspecified atom stereocenters. The number of carbonyl (C=O) groups excluding carboxylic acids is 1. The number of rotatable bonds is 8. The number of benzene rings is 1. The van der Waals surface area contributed by atoms with Crippen molar-refractivity contribution in [1.82, 2.24) is 10.3 Å². The maximum atomic E-state index is 12.8. The second-order valence-corrected chi connectivity index (χ2v) is 4.66. The summed E-state index contributed by atoms with van der Waals surface area (Å²) in [5.41, 5.74) is 0.565. The largest absolute Gasteiger partial charge is 0.439 e. The molecule has 1 aromatic carbocycles. The van der Waals surface area contributed by atoms with E-state index in [0.717, 1.165) is 0 Å². The highest BCUT2D eigenvalue weighted by Gasteiger charge is 2.04. The number of nitrogens with one attached hydrogen (secondary N) is 2. The van der Waals surface area contributed by atoms with Crippen LogP contribution in [0.1, 0.15) is 0 Å². The summed E-state index contributed by atoms with van der Waals surface area (Å²) >= 11 is 0. The molecule has 0 bridgehead atoms. The summed E-state index contributed by atoms with van der Waals surface area (Å²) in [5.74, 6) is 0.337. The first-order valence-corrected chi connectivity index (χ1v) is 7.06. The number of nitrogens with zero attached hydrogens (tertiary/aromatic N) is 1. The Morgan fingerprint density at radius 2 is 1.88 bits per heavy atom. The Balaban J connectivity index is 0.00000288. The first kappa shape index (κ1) is 23.1. The second-order valence-electron chi connectivity index (χ2n) is 4.66. The Morgan fingerprint density at radius 1 is 1.16 bits per heavy atom. The van der Waals surface area contributed by atoms with Crippen molar-refractivity contribution in [1.29, 1.82) is 0 Å². The molecular formula is C16H20Cl2FN3O3. The number of hydrogen-bond acceptors (Lipinski definition) is 5. The third-order valence-corrected chi connectivity index (χ3v) is 2.82. The SMILES string of the molecule is COCCNCC(=O)Nc1ccc(Oc2ccc(F)cc2)nc1.Cl.Cl. The Bertz CT molecular complexity index is 628. The van der Waals surface area contributed by atoms with Crippen molar-refractivity contribution in [2.75, 3.05) is 32.1 Å². The number of methoxy groups -OCH3 is 1. The fourth-order valence-corrected chi connectivity index (χ4v) is 1.72. The molecule has 0 aliphatic rings. The van der Waals surface area contributed by atoms with Crippen LogP contribution in [-0.4, -0.2) is 37.7 Å². The molecule has 0 radical (unpaired) electrons. The molecule has 9 heteroatoms. The summed E-state index contributed by atoms with van der Waals surface area (Å²) < 4.78 is 23.1. The van der Waals surface area contributed by atoms with Gasteiger partial charge in [-0.15, -0.1) is 24.8 Å². The van der Waals surface area contributed by atoms with Crippen LogP contribution in [0.4, 0.5) is 10.1 Å². The van der Waals surface area contributed by atoms with Crippen LogP contribution in [0.5, 0.6) is 11.6 Å². The van der Waals surface area contributed by atoms with Crippen LogP contribution >= 0.6 is 24.8 Å². The molecule has 0 aliphatic heterocycles. The highest BCUT2D eigenvalue weighted by Crippen LogP contribution is 2.20. The lowest BCUT2D eigenvalue weighted by Crippen LogP contribution is -2.30. The summed E-state index contributed by atoms with van der Waals surface area (Å²) in [6, 6.07) is 8.94. The quantitative estimate of drug-likeness (QED) is 0.676. The van der Waals surface area contributed by atoms with Gasteiger partial charge in [-0.3, -0.25) is 4.79 Å². The van der Waals surface area contributed by atoms with Crippen LogP contribution in [0.25, 0.3) is 0 Å². The van der Waals surface area contributed by atoms with Crippen molar-refractivity contribution in [3.63, 3.8) is 0 Å². The Hall–Kier alpha value is -1.93. The van der Waals surface area contributed by atoms with Crippen LogP contribution in [0.2, 0.25) is 0 Å². The fraction of sp³-hybridized carbons (Fsp3) is 0.250. The van der Waals surface area contributed by atoms with E-state index in [1.54, 1.807) is 19.2 Å². The minimum atomic E-state index is -0.331. The number of aromatic nitrogens is 1.